The van der Waals surface area contributed by atoms with E-state index in [-0.39, 0.29) is 0 Å². The Bertz CT molecular complexity index is 516. The maximum atomic E-state index is 11.5. The summed E-state index contributed by atoms with van der Waals surface area (Å²) in [4.78, 5) is 1.29. The Hall–Kier alpha value is 0.0500. The molecule has 1 aliphatic heterocycles. The molecule has 2 rings (SSSR count). The lowest BCUT2D eigenvalue weighted by molar-refractivity contribution is 0.261. The van der Waals surface area contributed by atoms with Gasteiger partial charge in [-0.25, -0.2) is 12.7 Å². The minimum Gasteiger partial charge on any atom is -0.312 e. The summed E-state index contributed by atoms with van der Waals surface area (Å²) in [6.45, 7) is 3.06. The van der Waals surface area contributed by atoms with Crippen molar-refractivity contribution in [3.05, 3.63) is 20.8 Å². The van der Waals surface area contributed by atoms with E-state index in [2.05, 4.69) is 32.7 Å². The number of hydrogen-bond donors (Lipinski definition) is 1. The van der Waals surface area contributed by atoms with Gasteiger partial charge in [0.05, 0.1) is 6.26 Å². The molecule has 1 aromatic rings. The Morgan fingerprint density at radius 3 is 3.00 bits per heavy atom. The maximum Gasteiger partial charge on any atom is 0.211 e. The largest absolute Gasteiger partial charge is 0.312 e. The van der Waals surface area contributed by atoms with Gasteiger partial charge >= 0.3 is 0 Å². The molecule has 0 aliphatic carbocycles. The summed E-state index contributed by atoms with van der Waals surface area (Å²) in [5.74, 6) is 0.423. The molecule has 0 bridgehead atoms. The van der Waals surface area contributed by atoms with Crippen LogP contribution in [0.4, 0.5) is 0 Å². The summed E-state index contributed by atoms with van der Waals surface area (Å²) < 4.78 is 25.8. The van der Waals surface area contributed by atoms with Gasteiger partial charge in [-0.05, 0) is 47.3 Å². The highest BCUT2D eigenvalue weighted by Gasteiger charge is 2.25. The quantitative estimate of drug-likeness (QED) is 0.869. The van der Waals surface area contributed by atoms with Crippen LogP contribution in [0, 0.1) is 5.92 Å². The van der Waals surface area contributed by atoms with Gasteiger partial charge in [0.15, 0.2) is 0 Å². The Kier molecular flexibility index (Phi) is 5.42. The van der Waals surface area contributed by atoms with Crippen molar-refractivity contribution in [3.8, 4) is 0 Å². The third kappa shape index (κ3) is 4.82. The van der Waals surface area contributed by atoms with E-state index >= 15 is 0 Å². The molecule has 1 aromatic heterocycles. The second-order valence-electron chi connectivity index (χ2n) is 4.99. The van der Waals surface area contributed by atoms with Crippen LogP contribution in [0.15, 0.2) is 15.9 Å². The number of sulfonamides is 1. The molecule has 0 saturated carbocycles. The molecule has 1 saturated heterocycles. The van der Waals surface area contributed by atoms with Crippen molar-refractivity contribution in [1.82, 2.24) is 9.62 Å². The van der Waals surface area contributed by atoms with Gasteiger partial charge in [-0.15, -0.1) is 11.3 Å². The molecule has 0 amide bonds. The Morgan fingerprint density at radius 1 is 1.58 bits per heavy atom. The zero-order chi connectivity index (χ0) is 13.9. The molecule has 2 heterocycles. The Labute approximate surface area is 127 Å². The fourth-order valence-electron chi connectivity index (χ4n) is 2.34. The summed E-state index contributed by atoms with van der Waals surface area (Å²) in [6.07, 6.45) is 3.36. The van der Waals surface area contributed by atoms with E-state index in [4.69, 9.17) is 0 Å². The van der Waals surface area contributed by atoms with Crippen LogP contribution in [-0.2, 0) is 16.6 Å². The van der Waals surface area contributed by atoms with E-state index in [1.807, 2.05) is 0 Å². The maximum absolute atomic E-state index is 11.5. The SMILES string of the molecule is CS(=O)(=O)N1CCCC(CNCc2cc(Br)cs2)C1. The molecule has 1 N–H and O–H groups in total. The van der Waals surface area contributed by atoms with E-state index in [1.54, 1.807) is 15.6 Å². The standard InChI is InChI=1S/C12H19BrN2O2S2/c1-19(16,17)15-4-2-3-10(8-15)6-14-7-12-5-11(13)9-18-12/h5,9-10,14H,2-4,6-8H2,1H3. The third-order valence-electron chi connectivity index (χ3n) is 3.30. The average Bonchev–Trinajstić information content (AvgIpc) is 2.74. The van der Waals surface area contributed by atoms with Gasteiger partial charge < -0.3 is 5.32 Å². The number of thiophene rings is 1. The number of nitrogens with one attached hydrogen (secondary N) is 1. The first-order valence-electron chi connectivity index (χ1n) is 6.34. The van der Waals surface area contributed by atoms with Crippen molar-refractivity contribution in [3.63, 3.8) is 0 Å². The lowest BCUT2D eigenvalue weighted by atomic mass is 10.00. The number of nitrogens with zero attached hydrogens (tertiary/aromatic N) is 1. The van der Waals surface area contributed by atoms with Crippen LogP contribution < -0.4 is 5.32 Å². The van der Waals surface area contributed by atoms with Gasteiger partial charge in [-0.2, -0.15) is 0 Å². The second kappa shape index (κ2) is 6.67. The van der Waals surface area contributed by atoms with E-state index in [1.165, 1.54) is 11.1 Å². The molecule has 1 unspecified atom stereocenters. The fraction of sp³-hybridized carbons (Fsp3) is 0.667. The summed E-state index contributed by atoms with van der Waals surface area (Å²) in [5.41, 5.74) is 0. The molecule has 0 aromatic carbocycles. The average molecular weight is 367 g/mol. The molecule has 0 radical (unpaired) electrons. The highest BCUT2D eigenvalue weighted by Crippen LogP contribution is 2.20. The first-order chi connectivity index (χ1) is 8.95. The zero-order valence-corrected chi connectivity index (χ0v) is 14.2. The molecule has 1 atom stereocenters. The van der Waals surface area contributed by atoms with Crippen molar-refractivity contribution < 1.29 is 8.42 Å². The zero-order valence-electron chi connectivity index (χ0n) is 10.9. The second-order valence-corrected chi connectivity index (χ2v) is 8.89. The first-order valence-corrected chi connectivity index (χ1v) is 9.86. The minimum absolute atomic E-state index is 0.423. The number of hydrogen-bond acceptors (Lipinski definition) is 4. The molecule has 108 valence electrons. The number of piperidine rings is 1. The smallest absolute Gasteiger partial charge is 0.211 e. The molecule has 1 fully saturated rings. The Balaban J connectivity index is 1.77. The Morgan fingerprint density at radius 2 is 2.37 bits per heavy atom. The van der Waals surface area contributed by atoms with E-state index < -0.39 is 10.0 Å². The van der Waals surface area contributed by atoms with Gasteiger partial charge in [0, 0.05) is 34.4 Å². The molecular formula is C12H19BrN2O2S2. The lowest BCUT2D eigenvalue weighted by Crippen LogP contribution is -2.42. The number of halogens is 1. The first kappa shape index (κ1) is 15.4. The van der Waals surface area contributed by atoms with Crippen molar-refractivity contribution >= 4 is 37.3 Å². The molecule has 19 heavy (non-hydrogen) atoms. The van der Waals surface area contributed by atoms with Crippen LogP contribution in [0.25, 0.3) is 0 Å². The van der Waals surface area contributed by atoms with Gasteiger partial charge in [0.2, 0.25) is 10.0 Å². The summed E-state index contributed by atoms with van der Waals surface area (Å²) in [6, 6.07) is 2.11. The topological polar surface area (TPSA) is 49.4 Å². The van der Waals surface area contributed by atoms with Crippen LogP contribution in [0.2, 0.25) is 0 Å². The fourth-order valence-corrected chi connectivity index (χ4v) is 4.70. The van der Waals surface area contributed by atoms with Gasteiger partial charge in [-0.1, -0.05) is 0 Å². The predicted octanol–water partition coefficient (Wildman–Crippen LogP) is 2.27. The van der Waals surface area contributed by atoms with Gasteiger partial charge in [0.25, 0.3) is 0 Å². The van der Waals surface area contributed by atoms with Crippen LogP contribution >= 0.6 is 27.3 Å². The molecule has 1 aliphatic rings. The van der Waals surface area contributed by atoms with Gasteiger partial charge in [0.1, 0.15) is 0 Å². The minimum atomic E-state index is -3.03. The summed E-state index contributed by atoms with van der Waals surface area (Å²) in [5, 5.41) is 5.50. The molecule has 7 heteroatoms. The summed E-state index contributed by atoms with van der Waals surface area (Å²) in [7, 11) is -3.03. The van der Waals surface area contributed by atoms with Crippen LogP contribution in [-0.4, -0.2) is 38.6 Å². The van der Waals surface area contributed by atoms with Crippen LogP contribution in [0.5, 0.6) is 0 Å². The summed E-state index contributed by atoms with van der Waals surface area (Å²) >= 11 is 5.16. The van der Waals surface area contributed by atoms with Gasteiger partial charge in [-0.3, -0.25) is 0 Å². The number of rotatable bonds is 5. The van der Waals surface area contributed by atoms with Crippen molar-refractivity contribution in [1.29, 1.82) is 0 Å². The molecular weight excluding hydrogens is 348 g/mol. The van der Waals surface area contributed by atoms with Crippen LogP contribution in [0.3, 0.4) is 0 Å². The molecule has 0 spiro atoms. The normalized spacial score (nSPS) is 21.7. The van der Waals surface area contributed by atoms with Crippen molar-refractivity contribution in [2.24, 2.45) is 5.92 Å². The monoisotopic (exact) mass is 366 g/mol. The van der Waals surface area contributed by atoms with Crippen molar-refractivity contribution in [2.45, 2.75) is 19.4 Å². The van der Waals surface area contributed by atoms with E-state index in [0.717, 1.165) is 30.4 Å². The highest BCUT2D eigenvalue weighted by molar-refractivity contribution is 9.10. The van der Waals surface area contributed by atoms with Crippen LogP contribution in [0.1, 0.15) is 17.7 Å². The van der Waals surface area contributed by atoms with E-state index in [9.17, 15) is 8.42 Å². The third-order valence-corrected chi connectivity index (χ3v) is 6.27. The lowest BCUT2D eigenvalue weighted by Gasteiger charge is -2.31. The predicted molar refractivity (Wildman–Crippen MR) is 82.9 cm³/mol. The van der Waals surface area contributed by atoms with E-state index in [0.29, 0.717) is 19.0 Å². The van der Waals surface area contributed by atoms with Crippen molar-refractivity contribution in [2.75, 3.05) is 25.9 Å². The highest BCUT2D eigenvalue weighted by atomic mass is 79.9. The molecule has 4 nitrogen and oxygen atoms in total.